The fraction of sp³-hybridized carbons (Fsp3) is 0.143. The van der Waals surface area contributed by atoms with Gasteiger partial charge >= 0.3 is 0 Å². The third-order valence-corrected chi connectivity index (χ3v) is 1.18. The van der Waals surface area contributed by atoms with Gasteiger partial charge in [0.05, 0.1) is 6.20 Å². The van der Waals surface area contributed by atoms with Gasteiger partial charge in [-0.2, -0.15) is 5.26 Å². The number of hydrogen-bond donors (Lipinski definition) is 0. The maximum Gasteiger partial charge on any atom is 0.249 e. The lowest BCUT2D eigenvalue weighted by Gasteiger charge is -1.80. The van der Waals surface area contributed by atoms with Gasteiger partial charge in [0.15, 0.2) is 6.54 Å². The minimum atomic E-state index is 0.390. The monoisotopic (exact) mass is 134 g/mol. The maximum atomic E-state index is 8.30. The van der Waals surface area contributed by atoms with Gasteiger partial charge in [0.1, 0.15) is 18.5 Å². The van der Waals surface area contributed by atoms with Crippen LogP contribution in [-0.2, 0) is 6.54 Å². The Labute approximate surface area is 59.4 Å². The third kappa shape index (κ3) is 1.23. The molecular weight excluding hydrogens is 126 g/mol. The molecule has 1 rings (SSSR count). The van der Waals surface area contributed by atoms with E-state index in [-0.39, 0.29) is 0 Å². The number of hydrogen-bond acceptors (Lipinski definition) is 1. The second-order valence-corrected chi connectivity index (χ2v) is 1.87. The first kappa shape index (κ1) is 6.56. The first-order chi connectivity index (χ1) is 4.86. The molecule has 0 N–H and O–H groups in total. The normalized spacial score (nSPS) is 8.70. The zero-order chi connectivity index (χ0) is 7.40. The van der Waals surface area contributed by atoms with Crippen molar-refractivity contribution in [3.63, 3.8) is 0 Å². The smallest absolute Gasteiger partial charge is 0.223 e. The van der Waals surface area contributed by atoms with Crippen LogP contribution in [0.4, 0.5) is 0 Å². The Morgan fingerprint density at radius 1 is 1.80 bits per heavy atom. The first-order valence-electron chi connectivity index (χ1n) is 2.93. The highest BCUT2D eigenvalue weighted by Gasteiger charge is 1.96. The summed E-state index contributed by atoms with van der Waals surface area (Å²) >= 11 is 0. The standard InChI is InChI=1S/C7H8N3/c1-2-9-5-6-10(7-9)4-3-8/h2,5-7H,1,4H2/q+1. The Kier molecular flexibility index (Phi) is 1.86. The van der Waals surface area contributed by atoms with Crippen molar-refractivity contribution in [3.05, 3.63) is 25.3 Å². The molecule has 10 heavy (non-hydrogen) atoms. The molecule has 0 radical (unpaired) electrons. The molecule has 3 nitrogen and oxygen atoms in total. The highest BCUT2D eigenvalue weighted by atomic mass is 15.1. The van der Waals surface area contributed by atoms with E-state index in [4.69, 9.17) is 5.26 Å². The summed E-state index contributed by atoms with van der Waals surface area (Å²) in [6.45, 7) is 3.96. The number of nitrogens with zero attached hydrogens (tertiary/aromatic N) is 3. The molecule has 0 aliphatic heterocycles. The van der Waals surface area contributed by atoms with Gasteiger partial charge in [-0.25, -0.2) is 9.13 Å². The van der Waals surface area contributed by atoms with Crippen molar-refractivity contribution in [1.29, 1.82) is 5.26 Å². The highest BCUT2D eigenvalue weighted by molar-refractivity contribution is 5.13. The zero-order valence-corrected chi connectivity index (χ0v) is 5.57. The van der Waals surface area contributed by atoms with Crippen LogP contribution in [0.3, 0.4) is 0 Å². The van der Waals surface area contributed by atoms with Crippen LogP contribution in [0, 0.1) is 11.3 Å². The first-order valence-corrected chi connectivity index (χ1v) is 2.93. The molecule has 0 aliphatic carbocycles. The van der Waals surface area contributed by atoms with E-state index in [9.17, 15) is 0 Å². The minimum absolute atomic E-state index is 0.390. The topological polar surface area (TPSA) is 32.6 Å². The van der Waals surface area contributed by atoms with E-state index in [2.05, 4.69) is 6.58 Å². The van der Waals surface area contributed by atoms with Gasteiger partial charge in [0, 0.05) is 0 Å². The summed E-state index contributed by atoms with van der Waals surface area (Å²) in [5, 5.41) is 8.30. The maximum absolute atomic E-state index is 8.30. The van der Waals surface area contributed by atoms with Crippen LogP contribution in [0.25, 0.3) is 6.20 Å². The van der Waals surface area contributed by atoms with Gasteiger partial charge < -0.3 is 0 Å². The van der Waals surface area contributed by atoms with Gasteiger partial charge in [-0.1, -0.05) is 6.58 Å². The summed E-state index contributed by atoms with van der Waals surface area (Å²) in [5.74, 6) is 0. The molecule has 0 amide bonds. The molecule has 0 bridgehead atoms. The quantitative estimate of drug-likeness (QED) is 0.539. The van der Waals surface area contributed by atoms with Crippen molar-refractivity contribution < 1.29 is 4.57 Å². The van der Waals surface area contributed by atoms with Crippen LogP contribution in [0.5, 0.6) is 0 Å². The molecule has 50 valence electrons. The van der Waals surface area contributed by atoms with E-state index < -0.39 is 0 Å². The lowest BCUT2D eigenvalue weighted by molar-refractivity contribution is -0.684. The number of nitriles is 1. The summed E-state index contributed by atoms with van der Waals surface area (Å²) in [6.07, 6.45) is 7.14. The third-order valence-electron chi connectivity index (χ3n) is 1.18. The van der Waals surface area contributed by atoms with Gasteiger partial charge in [-0.05, 0) is 0 Å². The van der Waals surface area contributed by atoms with E-state index in [0.29, 0.717) is 6.54 Å². The Morgan fingerprint density at radius 2 is 2.60 bits per heavy atom. The number of aromatic nitrogens is 2. The van der Waals surface area contributed by atoms with E-state index in [1.165, 1.54) is 0 Å². The van der Waals surface area contributed by atoms with Crippen LogP contribution < -0.4 is 4.57 Å². The predicted octanol–water partition coefficient (Wildman–Crippen LogP) is 0.400. The summed E-state index contributed by atoms with van der Waals surface area (Å²) in [4.78, 5) is 0. The molecule has 0 atom stereocenters. The largest absolute Gasteiger partial charge is 0.249 e. The zero-order valence-electron chi connectivity index (χ0n) is 5.57. The van der Waals surface area contributed by atoms with Crippen molar-refractivity contribution in [3.8, 4) is 6.07 Å². The minimum Gasteiger partial charge on any atom is -0.223 e. The highest BCUT2D eigenvalue weighted by Crippen LogP contribution is 1.81. The van der Waals surface area contributed by atoms with Crippen LogP contribution in [0.15, 0.2) is 25.3 Å². The van der Waals surface area contributed by atoms with Crippen molar-refractivity contribution in [2.45, 2.75) is 6.54 Å². The van der Waals surface area contributed by atoms with Crippen LogP contribution in [-0.4, -0.2) is 4.57 Å². The van der Waals surface area contributed by atoms with Gasteiger partial charge in [-0.3, -0.25) is 0 Å². The van der Waals surface area contributed by atoms with E-state index in [1.54, 1.807) is 21.7 Å². The summed E-state index contributed by atoms with van der Waals surface area (Å²) in [6, 6.07) is 2.04. The summed E-state index contributed by atoms with van der Waals surface area (Å²) in [7, 11) is 0. The number of imidazole rings is 1. The SMILES string of the molecule is C=Cn1cc[n+](CC#N)c1. The Bertz CT molecular complexity index is 267. The van der Waals surface area contributed by atoms with Gasteiger partial charge in [-0.15, -0.1) is 0 Å². The molecule has 1 aromatic rings. The summed E-state index contributed by atoms with van der Waals surface area (Å²) < 4.78 is 3.57. The molecule has 3 heteroatoms. The molecule has 0 saturated heterocycles. The fourth-order valence-electron chi connectivity index (χ4n) is 0.694. The lowest BCUT2D eigenvalue weighted by Crippen LogP contribution is -2.29. The van der Waals surface area contributed by atoms with Crippen molar-refractivity contribution >= 4 is 6.20 Å². The van der Waals surface area contributed by atoms with Gasteiger partial charge in [0.2, 0.25) is 6.33 Å². The molecule has 1 heterocycles. The average Bonchev–Trinajstić information content (AvgIpc) is 2.37. The molecule has 1 aromatic heterocycles. The van der Waals surface area contributed by atoms with E-state index in [0.717, 1.165) is 0 Å². The van der Waals surface area contributed by atoms with Crippen LogP contribution in [0.2, 0.25) is 0 Å². The van der Waals surface area contributed by atoms with Crippen molar-refractivity contribution in [1.82, 2.24) is 4.57 Å². The van der Waals surface area contributed by atoms with Crippen LogP contribution >= 0.6 is 0 Å². The van der Waals surface area contributed by atoms with Crippen molar-refractivity contribution in [2.24, 2.45) is 0 Å². The Morgan fingerprint density at radius 3 is 3.10 bits per heavy atom. The summed E-state index contributed by atoms with van der Waals surface area (Å²) in [5.41, 5.74) is 0. The molecule has 0 saturated carbocycles. The molecule has 0 aromatic carbocycles. The average molecular weight is 134 g/mol. The second kappa shape index (κ2) is 2.83. The lowest BCUT2D eigenvalue weighted by atomic mass is 10.7. The van der Waals surface area contributed by atoms with Gasteiger partial charge in [0.25, 0.3) is 0 Å². The molecule has 0 unspecified atom stereocenters. The predicted molar refractivity (Wildman–Crippen MR) is 36.6 cm³/mol. The fourth-order valence-corrected chi connectivity index (χ4v) is 0.694. The Hall–Kier alpha value is -1.56. The van der Waals surface area contributed by atoms with E-state index in [1.807, 2.05) is 18.5 Å². The van der Waals surface area contributed by atoms with Crippen molar-refractivity contribution in [2.75, 3.05) is 0 Å². The number of rotatable bonds is 2. The molecular formula is C7H8N3+. The second-order valence-electron chi connectivity index (χ2n) is 1.87. The molecule has 0 aliphatic rings. The Balaban J connectivity index is 2.80. The van der Waals surface area contributed by atoms with Crippen LogP contribution in [0.1, 0.15) is 0 Å². The van der Waals surface area contributed by atoms with E-state index >= 15 is 0 Å². The molecule has 0 spiro atoms. The molecule has 0 fully saturated rings.